The predicted octanol–water partition coefficient (Wildman–Crippen LogP) is 4.15. The smallest absolute Gasteiger partial charge is 0.00471 e. The summed E-state index contributed by atoms with van der Waals surface area (Å²) in [5.74, 6) is 0.893. The normalized spacial score (nSPS) is 32.0. The molecule has 0 amide bonds. The number of benzene rings is 1. The van der Waals surface area contributed by atoms with E-state index in [0.29, 0.717) is 5.41 Å². The Balaban J connectivity index is 2.31. The Bertz CT molecular complexity index is 288. The summed E-state index contributed by atoms with van der Waals surface area (Å²) in [6, 6.07) is 11.1. The highest BCUT2D eigenvalue weighted by Gasteiger charge is 2.38. The van der Waals surface area contributed by atoms with Crippen LogP contribution in [0.3, 0.4) is 0 Å². The fourth-order valence-corrected chi connectivity index (χ4v) is 3.09. The lowest BCUT2D eigenvalue weighted by Gasteiger charge is -2.31. The van der Waals surface area contributed by atoms with Gasteiger partial charge >= 0.3 is 0 Å². The van der Waals surface area contributed by atoms with Crippen LogP contribution < -0.4 is 0 Å². The molecule has 1 aliphatic carbocycles. The maximum atomic E-state index is 2.45. The standard InChI is InChI=1S/C14H20/c1-3-12-10-7-11-14(12,2)13-8-5-4-6-9-13/h4-6,8-9,12H,3,7,10-11H2,1-2H3/t12-,14-/m1/s1. The quantitative estimate of drug-likeness (QED) is 0.654. The molecule has 0 bridgehead atoms. The van der Waals surface area contributed by atoms with Crippen LogP contribution in [0.25, 0.3) is 0 Å². The zero-order chi connectivity index (χ0) is 10.0. The molecule has 0 radical (unpaired) electrons. The van der Waals surface area contributed by atoms with E-state index < -0.39 is 0 Å². The third-order valence-electron chi connectivity index (χ3n) is 4.08. The topological polar surface area (TPSA) is 0 Å². The average molecular weight is 188 g/mol. The fourth-order valence-electron chi connectivity index (χ4n) is 3.09. The molecular weight excluding hydrogens is 168 g/mol. The number of hydrogen-bond donors (Lipinski definition) is 0. The summed E-state index contributed by atoms with van der Waals surface area (Å²) < 4.78 is 0. The van der Waals surface area contributed by atoms with Crippen molar-refractivity contribution in [3.05, 3.63) is 35.9 Å². The molecule has 1 fully saturated rings. The maximum absolute atomic E-state index is 2.45. The van der Waals surface area contributed by atoms with E-state index in [0.717, 1.165) is 5.92 Å². The molecule has 0 aromatic heterocycles. The Kier molecular flexibility index (Phi) is 2.62. The predicted molar refractivity (Wildman–Crippen MR) is 61.4 cm³/mol. The first-order chi connectivity index (χ1) is 6.77. The molecular formula is C14H20. The van der Waals surface area contributed by atoms with Gasteiger partial charge < -0.3 is 0 Å². The summed E-state index contributed by atoms with van der Waals surface area (Å²) >= 11 is 0. The average Bonchev–Trinajstić information content (AvgIpc) is 2.62. The molecule has 1 aromatic carbocycles. The molecule has 0 N–H and O–H groups in total. The second kappa shape index (κ2) is 3.76. The zero-order valence-electron chi connectivity index (χ0n) is 9.29. The largest absolute Gasteiger partial charge is 0.0651 e. The second-order valence-electron chi connectivity index (χ2n) is 4.78. The van der Waals surface area contributed by atoms with E-state index >= 15 is 0 Å². The highest BCUT2D eigenvalue weighted by molar-refractivity contribution is 5.26. The minimum absolute atomic E-state index is 0.454. The molecule has 0 saturated heterocycles. The van der Waals surface area contributed by atoms with Gasteiger partial charge in [0.1, 0.15) is 0 Å². The Morgan fingerprint density at radius 3 is 2.64 bits per heavy atom. The fraction of sp³-hybridized carbons (Fsp3) is 0.571. The lowest BCUT2D eigenvalue weighted by atomic mass is 9.73. The molecule has 1 aromatic rings. The summed E-state index contributed by atoms with van der Waals surface area (Å²) in [4.78, 5) is 0. The first-order valence-corrected chi connectivity index (χ1v) is 5.83. The van der Waals surface area contributed by atoms with Gasteiger partial charge in [0.15, 0.2) is 0 Å². The molecule has 2 atom stereocenters. The van der Waals surface area contributed by atoms with Crippen LogP contribution in [0.1, 0.15) is 45.1 Å². The molecule has 14 heavy (non-hydrogen) atoms. The Morgan fingerprint density at radius 1 is 1.29 bits per heavy atom. The third-order valence-corrected chi connectivity index (χ3v) is 4.08. The van der Waals surface area contributed by atoms with E-state index in [4.69, 9.17) is 0 Å². The van der Waals surface area contributed by atoms with Crippen LogP contribution in [0.15, 0.2) is 30.3 Å². The SMILES string of the molecule is CC[C@@H]1CCC[C@@]1(C)c1ccccc1. The van der Waals surface area contributed by atoms with Gasteiger partial charge in [-0.15, -0.1) is 0 Å². The van der Waals surface area contributed by atoms with Gasteiger partial charge in [0.05, 0.1) is 0 Å². The Labute approximate surface area is 87.3 Å². The molecule has 76 valence electrons. The van der Waals surface area contributed by atoms with Crippen LogP contribution in [-0.4, -0.2) is 0 Å². The van der Waals surface area contributed by atoms with Gasteiger partial charge in [-0.05, 0) is 29.7 Å². The van der Waals surface area contributed by atoms with Crippen molar-refractivity contribution in [1.82, 2.24) is 0 Å². The van der Waals surface area contributed by atoms with Crippen molar-refractivity contribution in [2.24, 2.45) is 5.92 Å². The summed E-state index contributed by atoms with van der Waals surface area (Å²) in [5, 5.41) is 0. The lowest BCUT2D eigenvalue weighted by Crippen LogP contribution is -2.26. The van der Waals surface area contributed by atoms with Gasteiger partial charge in [-0.1, -0.05) is 57.0 Å². The van der Waals surface area contributed by atoms with Crippen molar-refractivity contribution >= 4 is 0 Å². The lowest BCUT2D eigenvalue weighted by molar-refractivity contribution is 0.335. The van der Waals surface area contributed by atoms with Gasteiger partial charge in [0.25, 0.3) is 0 Å². The van der Waals surface area contributed by atoms with Crippen LogP contribution in [0.5, 0.6) is 0 Å². The van der Waals surface area contributed by atoms with E-state index in [1.54, 1.807) is 5.56 Å². The van der Waals surface area contributed by atoms with Crippen LogP contribution in [0.2, 0.25) is 0 Å². The molecule has 0 unspecified atom stereocenters. The molecule has 0 spiro atoms. The summed E-state index contributed by atoms with van der Waals surface area (Å²) in [6.45, 7) is 4.78. The minimum Gasteiger partial charge on any atom is -0.0651 e. The molecule has 2 rings (SSSR count). The van der Waals surface area contributed by atoms with Crippen molar-refractivity contribution < 1.29 is 0 Å². The van der Waals surface area contributed by atoms with Crippen LogP contribution >= 0.6 is 0 Å². The van der Waals surface area contributed by atoms with E-state index in [1.807, 2.05) is 0 Å². The van der Waals surface area contributed by atoms with Gasteiger partial charge in [-0.3, -0.25) is 0 Å². The Morgan fingerprint density at radius 2 is 2.00 bits per heavy atom. The molecule has 0 aliphatic heterocycles. The molecule has 1 saturated carbocycles. The minimum atomic E-state index is 0.454. The van der Waals surface area contributed by atoms with E-state index in [-0.39, 0.29) is 0 Å². The highest BCUT2D eigenvalue weighted by Crippen LogP contribution is 2.46. The molecule has 1 aliphatic rings. The van der Waals surface area contributed by atoms with E-state index in [1.165, 1.54) is 25.7 Å². The van der Waals surface area contributed by atoms with Crippen molar-refractivity contribution in [3.8, 4) is 0 Å². The van der Waals surface area contributed by atoms with E-state index in [2.05, 4.69) is 44.2 Å². The van der Waals surface area contributed by atoms with Crippen molar-refractivity contribution in [2.45, 2.75) is 44.9 Å². The number of hydrogen-bond acceptors (Lipinski definition) is 0. The van der Waals surface area contributed by atoms with Gasteiger partial charge in [-0.25, -0.2) is 0 Å². The number of rotatable bonds is 2. The van der Waals surface area contributed by atoms with E-state index in [9.17, 15) is 0 Å². The zero-order valence-corrected chi connectivity index (χ0v) is 9.29. The van der Waals surface area contributed by atoms with Crippen molar-refractivity contribution in [2.75, 3.05) is 0 Å². The van der Waals surface area contributed by atoms with Gasteiger partial charge in [0.2, 0.25) is 0 Å². The van der Waals surface area contributed by atoms with Crippen LogP contribution in [0.4, 0.5) is 0 Å². The summed E-state index contributed by atoms with van der Waals surface area (Å²) in [7, 11) is 0. The second-order valence-corrected chi connectivity index (χ2v) is 4.78. The first kappa shape index (κ1) is 9.76. The summed E-state index contributed by atoms with van der Waals surface area (Å²) in [6.07, 6.45) is 5.52. The molecule has 0 nitrogen and oxygen atoms in total. The van der Waals surface area contributed by atoms with Crippen LogP contribution in [0, 0.1) is 5.92 Å². The van der Waals surface area contributed by atoms with Crippen LogP contribution in [-0.2, 0) is 5.41 Å². The molecule has 0 heteroatoms. The third kappa shape index (κ3) is 1.47. The van der Waals surface area contributed by atoms with Gasteiger partial charge in [0, 0.05) is 0 Å². The van der Waals surface area contributed by atoms with Crippen molar-refractivity contribution in [1.29, 1.82) is 0 Å². The van der Waals surface area contributed by atoms with Crippen molar-refractivity contribution in [3.63, 3.8) is 0 Å². The highest BCUT2D eigenvalue weighted by atomic mass is 14.4. The maximum Gasteiger partial charge on any atom is -0.00471 e. The van der Waals surface area contributed by atoms with Gasteiger partial charge in [-0.2, -0.15) is 0 Å². The summed E-state index contributed by atoms with van der Waals surface area (Å²) in [5.41, 5.74) is 2.00. The molecule has 0 heterocycles. The Hall–Kier alpha value is -0.780. The first-order valence-electron chi connectivity index (χ1n) is 5.83. The monoisotopic (exact) mass is 188 g/mol.